The third kappa shape index (κ3) is 3.74. The second-order valence-electron chi connectivity index (χ2n) is 6.32. The van der Waals surface area contributed by atoms with E-state index in [2.05, 4.69) is 31.7 Å². The van der Waals surface area contributed by atoms with Crippen LogP contribution in [0.1, 0.15) is 32.8 Å². The summed E-state index contributed by atoms with van der Waals surface area (Å²) in [6, 6.07) is 5.78. The van der Waals surface area contributed by atoms with E-state index in [-0.39, 0.29) is 0 Å². The SMILES string of the molecule is CC(C)(C)C1=CCN(Cc2ccc(N)cc2Cl)CC1. The van der Waals surface area contributed by atoms with Crippen LogP contribution in [0.5, 0.6) is 0 Å². The van der Waals surface area contributed by atoms with Crippen LogP contribution in [0.25, 0.3) is 0 Å². The largest absolute Gasteiger partial charge is 0.399 e. The number of nitrogens with two attached hydrogens (primary N) is 1. The highest BCUT2D eigenvalue weighted by Crippen LogP contribution is 2.31. The van der Waals surface area contributed by atoms with Gasteiger partial charge < -0.3 is 5.73 Å². The minimum Gasteiger partial charge on any atom is -0.399 e. The quantitative estimate of drug-likeness (QED) is 0.652. The maximum Gasteiger partial charge on any atom is 0.0471 e. The van der Waals surface area contributed by atoms with Crippen LogP contribution in [0.3, 0.4) is 0 Å². The molecule has 0 bridgehead atoms. The molecule has 0 aliphatic carbocycles. The van der Waals surface area contributed by atoms with E-state index in [1.54, 1.807) is 5.57 Å². The molecule has 1 aromatic rings. The van der Waals surface area contributed by atoms with Crippen LogP contribution in [-0.4, -0.2) is 18.0 Å². The van der Waals surface area contributed by atoms with Gasteiger partial charge in [0.25, 0.3) is 0 Å². The molecule has 3 heteroatoms. The lowest BCUT2D eigenvalue weighted by Crippen LogP contribution is -2.31. The fourth-order valence-electron chi connectivity index (χ4n) is 2.47. The van der Waals surface area contributed by atoms with E-state index >= 15 is 0 Å². The van der Waals surface area contributed by atoms with Crippen molar-refractivity contribution < 1.29 is 0 Å². The molecule has 0 spiro atoms. The van der Waals surface area contributed by atoms with Gasteiger partial charge in [-0.05, 0) is 29.5 Å². The average Bonchev–Trinajstić information content (AvgIpc) is 2.32. The Morgan fingerprint density at radius 1 is 1.32 bits per heavy atom. The number of nitrogen functional groups attached to an aromatic ring is 1. The monoisotopic (exact) mass is 278 g/mol. The summed E-state index contributed by atoms with van der Waals surface area (Å²) < 4.78 is 0. The summed E-state index contributed by atoms with van der Waals surface area (Å²) in [5, 5.41) is 0.769. The summed E-state index contributed by atoms with van der Waals surface area (Å²) in [4.78, 5) is 2.42. The molecule has 2 nitrogen and oxygen atoms in total. The molecule has 19 heavy (non-hydrogen) atoms. The molecule has 0 fully saturated rings. The fourth-order valence-corrected chi connectivity index (χ4v) is 2.72. The van der Waals surface area contributed by atoms with Gasteiger partial charge >= 0.3 is 0 Å². The molecule has 2 N–H and O–H groups in total. The number of nitrogens with zero attached hydrogens (tertiary/aromatic N) is 1. The van der Waals surface area contributed by atoms with Crippen molar-refractivity contribution in [2.24, 2.45) is 5.41 Å². The summed E-state index contributed by atoms with van der Waals surface area (Å²) in [7, 11) is 0. The lowest BCUT2D eigenvalue weighted by atomic mass is 9.83. The first kappa shape index (κ1) is 14.4. The van der Waals surface area contributed by atoms with Crippen molar-refractivity contribution in [3.05, 3.63) is 40.4 Å². The Morgan fingerprint density at radius 2 is 2.05 bits per heavy atom. The van der Waals surface area contributed by atoms with Gasteiger partial charge in [0.2, 0.25) is 0 Å². The van der Waals surface area contributed by atoms with Crippen molar-refractivity contribution in [2.75, 3.05) is 18.8 Å². The van der Waals surface area contributed by atoms with Crippen LogP contribution in [0.2, 0.25) is 5.02 Å². The summed E-state index contributed by atoms with van der Waals surface area (Å²) >= 11 is 6.23. The molecule has 0 amide bonds. The Bertz CT molecular complexity index is 486. The molecule has 0 atom stereocenters. The Labute approximate surface area is 121 Å². The molecule has 2 rings (SSSR count). The zero-order valence-corrected chi connectivity index (χ0v) is 12.8. The van der Waals surface area contributed by atoms with Gasteiger partial charge in [0.1, 0.15) is 0 Å². The molecule has 104 valence electrons. The number of hydrogen-bond donors (Lipinski definition) is 1. The second-order valence-corrected chi connectivity index (χ2v) is 6.72. The third-order valence-corrected chi connectivity index (χ3v) is 4.08. The number of anilines is 1. The van der Waals surface area contributed by atoms with Crippen molar-refractivity contribution in [3.8, 4) is 0 Å². The van der Waals surface area contributed by atoms with Crippen molar-refractivity contribution >= 4 is 17.3 Å². The number of rotatable bonds is 2. The minimum atomic E-state index is 0.297. The normalized spacial score (nSPS) is 17.4. The maximum absolute atomic E-state index is 6.23. The van der Waals surface area contributed by atoms with Crippen molar-refractivity contribution in [3.63, 3.8) is 0 Å². The van der Waals surface area contributed by atoms with Gasteiger partial charge in [0.15, 0.2) is 0 Å². The predicted octanol–water partition coefficient (Wildman–Crippen LogP) is 4.10. The Kier molecular flexibility index (Phi) is 4.22. The molecule has 0 saturated heterocycles. The highest BCUT2D eigenvalue weighted by atomic mass is 35.5. The number of halogens is 1. The van der Waals surface area contributed by atoms with Gasteiger partial charge in [0.05, 0.1) is 0 Å². The Morgan fingerprint density at radius 3 is 2.58 bits per heavy atom. The standard InChI is InChI=1S/C16H23ClN2/c1-16(2,3)13-6-8-19(9-7-13)11-12-4-5-14(18)10-15(12)17/h4-6,10H,7-9,11,18H2,1-3H3. The molecular formula is C16H23ClN2. The van der Waals surface area contributed by atoms with Crippen LogP contribution in [-0.2, 0) is 6.54 Å². The molecule has 0 aromatic heterocycles. The molecule has 1 aromatic carbocycles. The van der Waals surface area contributed by atoms with E-state index in [9.17, 15) is 0 Å². The molecule has 0 radical (unpaired) electrons. The number of benzene rings is 1. The minimum absolute atomic E-state index is 0.297. The van der Waals surface area contributed by atoms with Crippen LogP contribution in [0, 0.1) is 5.41 Å². The van der Waals surface area contributed by atoms with E-state index < -0.39 is 0 Å². The third-order valence-electron chi connectivity index (χ3n) is 3.73. The summed E-state index contributed by atoms with van der Waals surface area (Å²) in [6.07, 6.45) is 3.52. The fraction of sp³-hybridized carbons (Fsp3) is 0.500. The van der Waals surface area contributed by atoms with E-state index in [0.29, 0.717) is 5.41 Å². The van der Waals surface area contributed by atoms with Crippen LogP contribution < -0.4 is 5.73 Å². The first-order chi connectivity index (χ1) is 8.86. The first-order valence-corrected chi connectivity index (χ1v) is 7.20. The highest BCUT2D eigenvalue weighted by Gasteiger charge is 2.21. The summed E-state index contributed by atoms with van der Waals surface area (Å²) in [6.45, 7) is 9.85. The molecule has 1 aliphatic heterocycles. The average molecular weight is 279 g/mol. The van der Waals surface area contributed by atoms with E-state index in [1.165, 1.54) is 0 Å². The van der Waals surface area contributed by atoms with Crippen LogP contribution >= 0.6 is 11.6 Å². The number of hydrogen-bond acceptors (Lipinski definition) is 2. The topological polar surface area (TPSA) is 29.3 Å². The van der Waals surface area contributed by atoms with Gasteiger partial charge in [-0.1, -0.05) is 50.1 Å². The lowest BCUT2D eigenvalue weighted by Gasteiger charge is -2.32. The van der Waals surface area contributed by atoms with Crippen molar-refractivity contribution in [1.82, 2.24) is 4.90 Å². The Hall–Kier alpha value is -0.990. The zero-order valence-electron chi connectivity index (χ0n) is 12.0. The smallest absolute Gasteiger partial charge is 0.0471 e. The molecule has 1 heterocycles. The first-order valence-electron chi connectivity index (χ1n) is 6.82. The predicted molar refractivity (Wildman–Crippen MR) is 83.3 cm³/mol. The summed E-state index contributed by atoms with van der Waals surface area (Å²) in [5.41, 5.74) is 9.46. The molecule has 0 unspecified atom stereocenters. The van der Waals surface area contributed by atoms with Gasteiger partial charge in [-0.25, -0.2) is 0 Å². The van der Waals surface area contributed by atoms with Crippen LogP contribution in [0.15, 0.2) is 29.8 Å². The van der Waals surface area contributed by atoms with E-state index in [4.69, 9.17) is 17.3 Å². The Balaban J connectivity index is 2.01. The van der Waals surface area contributed by atoms with Gasteiger partial charge in [-0.3, -0.25) is 4.90 Å². The van der Waals surface area contributed by atoms with Gasteiger partial charge in [0, 0.05) is 30.3 Å². The second kappa shape index (κ2) is 5.56. The van der Waals surface area contributed by atoms with Gasteiger partial charge in [-0.15, -0.1) is 0 Å². The van der Waals surface area contributed by atoms with E-state index in [0.717, 1.165) is 42.3 Å². The molecule has 1 aliphatic rings. The maximum atomic E-state index is 6.23. The van der Waals surface area contributed by atoms with Crippen molar-refractivity contribution in [1.29, 1.82) is 0 Å². The van der Waals surface area contributed by atoms with Crippen molar-refractivity contribution in [2.45, 2.75) is 33.7 Å². The highest BCUT2D eigenvalue weighted by molar-refractivity contribution is 6.31. The lowest BCUT2D eigenvalue weighted by molar-refractivity contribution is 0.271. The molecule has 0 saturated carbocycles. The molecular weight excluding hydrogens is 256 g/mol. The zero-order chi connectivity index (χ0) is 14.0. The van der Waals surface area contributed by atoms with Gasteiger partial charge in [-0.2, -0.15) is 0 Å². The van der Waals surface area contributed by atoms with Crippen LogP contribution in [0.4, 0.5) is 5.69 Å². The van der Waals surface area contributed by atoms with E-state index in [1.807, 2.05) is 18.2 Å². The summed E-state index contributed by atoms with van der Waals surface area (Å²) in [5.74, 6) is 0.